The monoisotopic (exact) mass is 436 g/mol. The van der Waals surface area contributed by atoms with Gasteiger partial charge in [-0.25, -0.2) is 22.2 Å². The van der Waals surface area contributed by atoms with Crippen LogP contribution < -0.4 is 15.8 Å². The molecule has 8 nitrogen and oxygen atoms in total. The van der Waals surface area contributed by atoms with Crippen LogP contribution in [0.3, 0.4) is 0 Å². The van der Waals surface area contributed by atoms with Crippen molar-refractivity contribution >= 4 is 33.1 Å². The van der Waals surface area contributed by atoms with Gasteiger partial charge in [0.1, 0.15) is 23.0 Å². The quantitative estimate of drug-likeness (QED) is 0.519. The van der Waals surface area contributed by atoms with Crippen molar-refractivity contribution in [3.05, 3.63) is 60.0 Å². The number of nitrogens with one attached hydrogen (secondary N) is 2. The van der Waals surface area contributed by atoms with Crippen molar-refractivity contribution in [3.8, 4) is 11.3 Å². The molecular weight excluding hydrogens is 418 g/mol. The van der Waals surface area contributed by atoms with E-state index in [9.17, 15) is 22.0 Å². The zero-order valence-corrected chi connectivity index (χ0v) is 16.6. The van der Waals surface area contributed by atoms with Crippen LogP contribution >= 0.6 is 0 Å². The van der Waals surface area contributed by atoms with Crippen molar-refractivity contribution in [2.75, 3.05) is 21.5 Å². The molecule has 0 fully saturated rings. The molecule has 3 rings (SSSR count). The molecule has 0 atom stereocenters. The number of rotatable bonds is 7. The number of nitrogen functional groups attached to an aromatic ring is 1. The fourth-order valence-electron chi connectivity index (χ4n) is 2.69. The number of hydrogen-bond acceptors (Lipinski definition) is 6. The summed E-state index contributed by atoms with van der Waals surface area (Å²) in [6, 6.07) is 6.41. The maximum absolute atomic E-state index is 14.7. The van der Waals surface area contributed by atoms with E-state index in [1.54, 1.807) is 19.1 Å². The molecule has 0 saturated heterocycles. The lowest BCUT2D eigenvalue weighted by atomic mass is 10.1. The second-order valence-electron chi connectivity index (χ2n) is 6.29. The Balaban J connectivity index is 1.91. The number of anilines is 3. The van der Waals surface area contributed by atoms with Gasteiger partial charge in [-0.2, -0.15) is 0 Å². The first-order chi connectivity index (χ1) is 14.2. The molecule has 158 valence electrons. The van der Waals surface area contributed by atoms with Gasteiger partial charge in [-0.15, -0.1) is 0 Å². The number of halogens is 2. The van der Waals surface area contributed by atoms with Gasteiger partial charge in [0, 0.05) is 0 Å². The van der Waals surface area contributed by atoms with Gasteiger partial charge < -0.3 is 15.5 Å². The van der Waals surface area contributed by atoms with E-state index in [0.29, 0.717) is 17.7 Å². The van der Waals surface area contributed by atoms with Crippen molar-refractivity contribution in [1.29, 1.82) is 0 Å². The molecule has 0 unspecified atom stereocenters. The predicted molar refractivity (Wildman–Crippen MR) is 108 cm³/mol. The molecule has 0 radical (unpaired) electrons. The van der Waals surface area contributed by atoms with E-state index < -0.39 is 38.8 Å². The summed E-state index contributed by atoms with van der Waals surface area (Å²) in [5, 5.41) is 2.33. The van der Waals surface area contributed by atoms with Crippen LogP contribution in [0.25, 0.3) is 11.3 Å². The van der Waals surface area contributed by atoms with E-state index in [2.05, 4.69) is 10.3 Å². The Morgan fingerprint density at radius 3 is 2.70 bits per heavy atom. The maximum atomic E-state index is 14.7. The lowest BCUT2D eigenvalue weighted by Crippen LogP contribution is -2.20. The molecule has 11 heteroatoms. The Kier molecular flexibility index (Phi) is 6.01. The number of nitrogens with zero attached hydrogens (tertiary/aromatic N) is 1. The average Bonchev–Trinajstić information content (AvgIpc) is 3.20. The Morgan fingerprint density at radius 2 is 2.03 bits per heavy atom. The minimum atomic E-state index is -3.84. The predicted octanol–water partition coefficient (Wildman–Crippen LogP) is 3.61. The molecular formula is C19H18F2N4O4S. The van der Waals surface area contributed by atoms with Crippen molar-refractivity contribution < 1.29 is 26.4 Å². The fourth-order valence-corrected chi connectivity index (χ4v) is 3.83. The number of sulfonamides is 1. The van der Waals surface area contributed by atoms with E-state index in [-0.39, 0.29) is 17.3 Å². The Hall–Kier alpha value is -3.47. The second-order valence-corrected chi connectivity index (χ2v) is 8.13. The lowest BCUT2D eigenvalue weighted by Gasteiger charge is -2.13. The molecule has 0 aliphatic carbocycles. The first kappa shape index (κ1) is 21.2. The number of amides is 1. The number of carbonyl (C=O) groups excluding carboxylic acids is 1. The zero-order valence-electron chi connectivity index (χ0n) is 15.8. The second kappa shape index (κ2) is 8.49. The molecule has 0 aliphatic heterocycles. The van der Waals surface area contributed by atoms with Gasteiger partial charge in [0.05, 0.1) is 35.2 Å². The summed E-state index contributed by atoms with van der Waals surface area (Å²) in [6.45, 7) is 1.64. The molecule has 0 saturated carbocycles. The van der Waals surface area contributed by atoms with Crippen LogP contribution in [0.4, 0.5) is 26.0 Å². The van der Waals surface area contributed by atoms with Crippen LogP contribution in [0.2, 0.25) is 0 Å². The summed E-state index contributed by atoms with van der Waals surface area (Å²) < 4.78 is 60.0. The molecule has 30 heavy (non-hydrogen) atoms. The highest BCUT2D eigenvalue weighted by molar-refractivity contribution is 7.92. The third-order valence-electron chi connectivity index (χ3n) is 4.02. The molecule has 4 N–H and O–H groups in total. The highest BCUT2D eigenvalue weighted by Gasteiger charge is 2.23. The molecule has 2 aromatic heterocycles. The van der Waals surface area contributed by atoms with Crippen molar-refractivity contribution in [2.45, 2.75) is 13.3 Å². The molecule has 0 bridgehead atoms. The van der Waals surface area contributed by atoms with Crippen molar-refractivity contribution in [2.24, 2.45) is 0 Å². The van der Waals surface area contributed by atoms with Gasteiger partial charge in [-0.3, -0.25) is 9.52 Å². The summed E-state index contributed by atoms with van der Waals surface area (Å²) >= 11 is 0. The molecule has 0 aliphatic rings. The van der Waals surface area contributed by atoms with Crippen LogP contribution in [0, 0.1) is 11.6 Å². The largest absolute Gasteiger partial charge is 0.464 e. The molecule has 1 amide bonds. The van der Waals surface area contributed by atoms with Crippen LogP contribution in [0.5, 0.6) is 0 Å². The SMILES string of the molecule is CCCS(=O)(=O)Nc1ccc(F)c(C(=O)Nc2cnc(N)c(-c3ccco3)c2)c1F. The summed E-state index contributed by atoms with van der Waals surface area (Å²) in [5.41, 5.74) is 4.82. The Morgan fingerprint density at radius 1 is 1.27 bits per heavy atom. The summed E-state index contributed by atoms with van der Waals surface area (Å²) in [4.78, 5) is 16.5. The maximum Gasteiger partial charge on any atom is 0.261 e. The Bertz CT molecular complexity index is 1180. The lowest BCUT2D eigenvalue weighted by molar-refractivity contribution is 0.101. The van der Waals surface area contributed by atoms with E-state index in [4.69, 9.17) is 10.2 Å². The molecule has 1 aromatic carbocycles. The number of aromatic nitrogens is 1. The summed E-state index contributed by atoms with van der Waals surface area (Å²) in [6.07, 6.45) is 2.94. The summed E-state index contributed by atoms with van der Waals surface area (Å²) in [7, 11) is -3.84. The summed E-state index contributed by atoms with van der Waals surface area (Å²) in [5.74, 6) is -3.34. The molecule has 2 heterocycles. The third kappa shape index (κ3) is 4.57. The van der Waals surface area contributed by atoms with Gasteiger partial charge in [0.15, 0.2) is 5.82 Å². The van der Waals surface area contributed by atoms with Gasteiger partial charge >= 0.3 is 0 Å². The number of furan rings is 1. The van der Waals surface area contributed by atoms with E-state index >= 15 is 0 Å². The number of pyridine rings is 1. The smallest absolute Gasteiger partial charge is 0.261 e. The number of carbonyl (C=O) groups is 1. The highest BCUT2D eigenvalue weighted by atomic mass is 32.2. The third-order valence-corrected chi connectivity index (χ3v) is 5.50. The van der Waals surface area contributed by atoms with E-state index in [1.807, 2.05) is 4.72 Å². The van der Waals surface area contributed by atoms with Crippen LogP contribution in [-0.4, -0.2) is 25.1 Å². The number of nitrogens with two attached hydrogens (primary N) is 1. The van der Waals surface area contributed by atoms with Crippen molar-refractivity contribution in [1.82, 2.24) is 4.98 Å². The Labute approximate surface area is 171 Å². The van der Waals surface area contributed by atoms with Crippen LogP contribution in [-0.2, 0) is 10.0 Å². The topological polar surface area (TPSA) is 127 Å². The standard InChI is InChI=1S/C19H18F2N4O4S/c1-2-8-30(27,28)25-14-6-5-13(20)16(17(14)21)19(26)24-11-9-12(18(22)23-10-11)15-4-3-7-29-15/h3-7,9-10,25H,2,8H2,1H3,(H2,22,23)(H,24,26). The zero-order chi connectivity index (χ0) is 21.9. The normalized spacial score (nSPS) is 11.3. The first-order valence-corrected chi connectivity index (χ1v) is 10.5. The van der Waals surface area contributed by atoms with Crippen molar-refractivity contribution in [3.63, 3.8) is 0 Å². The number of hydrogen-bond donors (Lipinski definition) is 3. The van der Waals surface area contributed by atoms with Gasteiger partial charge in [-0.05, 0) is 36.8 Å². The number of benzene rings is 1. The van der Waals surface area contributed by atoms with E-state index in [1.165, 1.54) is 18.5 Å². The van der Waals surface area contributed by atoms with Gasteiger partial charge in [-0.1, -0.05) is 6.92 Å². The minimum absolute atomic E-state index is 0.108. The fraction of sp³-hybridized carbons (Fsp3) is 0.158. The minimum Gasteiger partial charge on any atom is -0.464 e. The average molecular weight is 436 g/mol. The van der Waals surface area contributed by atoms with Crippen LogP contribution in [0.1, 0.15) is 23.7 Å². The first-order valence-electron chi connectivity index (χ1n) is 8.81. The highest BCUT2D eigenvalue weighted by Crippen LogP contribution is 2.28. The van der Waals surface area contributed by atoms with Gasteiger partial charge in [0.25, 0.3) is 5.91 Å². The molecule has 3 aromatic rings. The van der Waals surface area contributed by atoms with Crippen LogP contribution in [0.15, 0.2) is 47.2 Å². The van der Waals surface area contributed by atoms with E-state index in [0.717, 1.165) is 12.1 Å². The molecule has 0 spiro atoms. The van der Waals surface area contributed by atoms with Gasteiger partial charge in [0.2, 0.25) is 10.0 Å².